The molecule has 0 aliphatic carbocycles. The number of imide groups is 1. The molecule has 1 aliphatic rings. The van der Waals surface area contributed by atoms with E-state index in [2.05, 4.69) is 27.6 Å². The van der Waals surface area contributed by atoms with E-state index in [0.717, 1.165) is 66.3 Å². The van der Waals surface area contributed by atoms with Crippen LogP contribution in [0, 0.1) is 17.9 Å². The summed E-state index contributed by atoms with van der Waals surface area (Å²) in [5.41, 5.74) is 11.9. The van der Waals surface area contributed by atoms with Crippen LogP contribution in [0.15, 0.2) is 182 Å². The zero-order valence-electron chi connectivity index (χ0n) is 30.9. The molecule has 2 amide bonds. The van der Waals surface area contributed by atoms with Gasteiger partial charge in [0.25, 0.3) is 11.8 Å². The van der Waals surface area contributed by atoms with E-state index in [4.69, 9.17) is 6.57 Å². The minimum atomic E-state index is -0.398. The Morgan fingerprint density at radius 3 is 1.67 bits per heavy atom. The summed E-state index contributed by atoms with van der Waals surface area (Å²) in [5, 5.41) is 11.5. The number of nitrogens with zero attached hydrogens (tertiary/aromatic N) is 4. The van der Waals surface area contributed by atoms with Crippen molar-refractivity contribution in [3.63, 3.8) is 0 Å². The van der Waals surface area contributed by atoms with Crippen LogP contribution in [0.5, 0.6) is 0 Å². The Morgan fingerprint density at radius 2 is 1.02 bits per heavy atom. The third-order valence-corrected chi connectivity index (χ3v) is 11.0. The Kier molecular flexibility index (Phi) is 8.11. The molecule has 0 spiro atoms. The Hall–Kier alpha value is -8.32. The normalized spacial score (nSPS) is 12.1. The molecule has 0 saturated heterocycles. The molecular weight excluding hydrogens is 713 g/mol. The number of anilines is 1. The molecule has 10 rings (SSSR count). The monoisotopic (exact) mass is 742 g/mol. The number of amides is 2. The van der Waals surface area contributed by atoms with Gasteiger partial charge in [-0.2, -0.15) is 5.26 Å². The SMILES string of the molecule is [C-]#[N+]c1cccc(-c2ccc3c(c2)c2cc(-c4cccc(C#N)c4)ccc2n3-c2cccc3c2C(=O)N(c2cccc(-c4ccccc4)c2-c2ccccc2)C3=O)c1. The van der Waals surface area contributed by atoms with E-state index >= 15 is 4.79 Å². The first kappa shape index (κ1) is 34.2. The van der Waals surface area contributed by atoms with Crippen LogP contribution in [-0.2, 0) is 0 Å². The molecule has 8 aromatic carbocycles. The van der Waals surface area contributed by atoms with E-state index in [1.54, 1.807) is 18.2 Å². The molecule has 0 fully saturated rings. The van der Waals surface area contributed by atoms with Gasteiger partial charge in [0.1, 0.15) is 0 Å². The summed E-state index contributed by atoms with van der Waals surface area (Å²) in [5.74, 6) is -0.780. The fraction of sp³-hybridized carbons (Fsp3) is 0. The second kappa shape index (κ2) is 13.8. The second-order valence-electron chi connectivity index (χ2n) is 14.2. The minimum Gasteiger partial charge on any atom is -0.308 e. The molecule has 1 aliphatic heterocycles. The van der Waals surface area contributed by atoms with Gasteiger partial charge < -0.3 is 4.57 Å². The Balaban J connectivity index is 1.19. The molecular formula is C52H30N4O2. The van der Waals surface area contributed by atoms with Crippen molar-refractivity contribution < 1.29 is 9.59 Å². The zero-order chi connectivity index (χ0) is 39.3. The molecule has 0 unspecified atom stereocenters. The van der Waals surface area contributed by atoms with Crippen LogP contribution in [0.25, 0.3) is 76.8 Å². The van der Waals surface area contributed by atoms with Crippen LogP contribution in [-0.4, -0.2) is 16.4 Å². The molecule has 0 bridgehead atoms. The number of carbonyl (C=O) groups excluding carboxylic acids is 2. The fourth-order valence-electron chi connectivity index (χ4n) is 8.33. The second-order valence-corrected chi connectivity index (χ2v) is 14.2. The smallest absolute Gasteiger partial charge is 0.268 e. The number of hydrogen-bond acceptors (Lipinski definition) is 3. The van der Waals surface area contributed by atoms with Crippen molar-refractivity contribution in [2.24, 2.45) is 0 Å². The molecule has 58 heavy (non-hydrogen) atoms. The average molecular weight is 743 g/mol. The number of benzene rings is 8. The summed E-state index contributed by atoms with van der Waals surface area (Å²) in [7, 11) is 0. The van der Waals surface area contributed by atoms with Crippen molar-refractivity contribution >= 4 is 45.0 Å². The molecule has 2 heterocycles. The molecule has 0 N–H and O–H groups in total. The van der Waals surface area contributed by atoms with Crippen molar-refractivity contribution in [3.8, 4) is 56.3 Å². The third kappa shape index (κ3) is 5.48. The number of nitriles is 1. The van der Waals surface area contributed by atoms with Crippen molar-refractivity contribution in [1.29, 1.82) is 5.26 Å². The largest absolute Gasteiger partial charge is 0.308 e. The summed E-state index contributed by atoms with van der Waals surface area (Å²) >= 11 is 0. The van der Waals surface area contributed by atoms with Crippen LogP contribution in [0.2, 0.25) is 0 Å². The van der Waals surface area contributed by atoms with Crippen LogP contribution >= 0.6 is 0 Å². The van der Waals surface area contributed by atoms with Crippen molar-refractivity contribution in [1.82, 2.24) is 4.57 Å². The summed E-state index contributed by atoms with van der Waals surface area (Å²) in [6.45, 7) is 7.59. The maximum Gasteiger partial charge on any atom is 0.268 e. The highest BCUT2D eigenvalue weighted by molar-refractivity contribution is 6.37. The van der Waals surface area contributed by atoms with E-state index in [0.29, 0.717) is 33.8 Å². The minimum absolute atomic E-state index is 0.329. The van der Waals surface area contributed by atoms with E-state index in [1.165, 1.54) is 4.90 Å². The first-order chi connectivity index (χ1) is 28.5. The van der Waals surface area contributed by atoms with Crippen molar-refractivity contribution in [2.75, 3.05) is 4.90 Å². The maximum atomic E-state index is 15.1. The van der Waals surface area contributed by atoms with Crippen LogP contribution < -0.4 is 4.90 Å². The molecule has 1 aromatic heterocycles. The van der Waals surface area contributed by atoms with E-state index in [-0.39, 0.29) is 5.91 Å². The first-order valence-electron chi connectivity index (χ1n) is 18.8. The van der Waals surface area contributed by atoms with Crippen molar-refractivity contribution in [3.05, 3.63) is 210 Å². The van der Waals surface area contributed by atoms with Crippen molar-refractivity contribution in [2.45, 2.75) is 0 Å². The molecule has 9 aromatic rings. The fourth-order valence-corrected chi connectivity index (χ4v) is 8.33. The van der Waals surface area contributed by atoms with Gasteiger partial charge in [0, 0.05) is 16.3 Å². The Bertz CT molecular complexity index is 3130. The van der Waals surface area contributed by atoms with Crippen LogP contribution in [0.1, 0.15) is 26.3 Å². The van der Waals surface area contributed by atoms with Gasteiger partial charge >= 0.3 is 0 Å². The zero-order valence-corrected chi connectivity index (χ0v) is 30.9. The Labute approximate surface area is 334 Å². The van der Waals surface area contributed by atoms with E-state index in [1.807, 2.05) is 152 Å². The number of rotatable bonds is 6. The van der Waals surface area contributed by atoms with Gasteiger partial charge in [-0.05, 0) is 99.6 Å². The summed E-state index contributed by atoms with van der Waals surface area (Å²) in [6.07, 6.45) is 0. The number of aromatic nitrogens is 1. The van der Waals surface area contributed by atoms with Gasteiger partial charge in [-0.3, -0.25) is 9.59 Å². The maximum absolute atomic E-state index is 15.1. The number of hydrogen-bond donors (Lipinski definition) is 0. The standard InChI is InChI=1S/C52H30N4O2/c1-54-40-19-9-18-37(29-40)39-25-27-46-44(31-39)43-30-38(36-17-8-12-33(28-36)32-53)24-26-45(43)55(46)48-23-11-21-42-50(48)52(58)56(51(42)57)47-22-10-20-41(34-13-4-2-5-14-34)49(47)35-15-6-3-7-16-35/h2-31H. The predicted octanol–water partition coefficient (Wildman–Crippen LogP) is 12.7. The van der Waals surface area contributed by atoms with Gasteiger partial charge in [-0.15, -0.1) is 0 Å². The Morgan fingerprint density at radius 1 is 0.466 bits per heavy atom. The molecule has 0 atom stereocenters. The summed E-state index contributed by atoms with van der Waals surface area (Å²) in [6, 6.07) is 60.8. The number of carbonyl (C=O) groups is 2. The highest BCUT2D eigenvalue weighted by Crippen LogP contribution is 2.45. The number of fused-ring (bicyclic) bond motifs is 4. The molecule has 6 nitrogen and oxygen atoms in total. The predicted molar refractivity (Wildman–Crippen MR) is 231 cm³/mol. The third-order valence-electron chi connectivity index (χ3n) is 11.0. The summed E-state index contributed by atoms with van der Waals surface area (Å²) in [4.78, 5) is 34.7. The van der Waals surface area contributed by atoms with E-state index < -0.39 is 5.91 Å². The van der Waals surface area contributed by atoms with Crippen LogP contribution in [0.4, 0.5) is 11.4 Å². The van der Waals surface area contributed by atoms with Gasteiger partial charge in [-0.1, -0.05) is 121 Å². The molecule has 0 saturated carbocycles. The lowest BCUT2D eigenvalue weighted by Crippen LogP contribution is -2.30. The van der Waals surface area contributed by atoms with Crippen LogP contribution in [0.3, 0.4) is 0 Å². The van der Waals surface area contributed by atoms with Gasteiger partial charge in [0.15, 0.2) is 5.69 Å². The van der Waals surface area contributed by atoms with Gasteiger partial charge in [0.05, 0.1) is 51.7 Å². The molecule has 270 valence electrons. The highest BCUT2D eigenvalue weighted by Gasteiger charge is 2.40. The summed E-state index contributed by atoms with van der Waals surface area (Å²) < 4.78 is 2.07. The first-order valence-corrected chi connectivity index (χ1v) is 18.8. The quantitative estimate of drug-likeness (QED) is 0.126. The lowest BCUT2D eigenvalue weighted by molar-refractivity contribution is 0.0926. The average Bonchev–Trinajstić information content (AvgIpc) is 3.75. The highest BCUT2D eigenvalue weighted by atomic mass is 16.2. The van der Waals surface area contributed by atoms with Gasteiger partial charge in [0.2, 0.25) is 0 Å². The molecule has 0 radical (unpaired) electrons. The lowest BCUT2D eigenvalue weighted by Gasteiger charge is -2.22. The van der Waals surface area contributed by atoms with E-state index in [9.17, 15) is 10.1 Å². The topological polar surface area (TPSA) is 70.5 Å². The molecule has 6 heteroatoms. The van der Waals surface area contributed by atoms with Gasteiger partial charge in [-0.25, -0.2) is 9.74 Å². The lowest BCUT2D eigenvalue weighted by atomic mass is 9.92.